The van der Waals surface area contributed by atoms with Crippen LogP contribution in [0.5, 0.6) is 0 Å². The van der Waals surface area contributed by atoms with Crippen LogP contribution in [0.25, 0.3) is 0 Å². The van der Waals surface area contributed by atoms with Crippen molar-refractivity contribution >= 4 is 12.4 Å². The van der Waals surface area contributed by atoms with Crippen molar-refractivity contribution in [1.29, 1.82) is 0 Å². The maximum Gasteiger partial charge on any atom is 0.153 e. The van der Waals surface area contributed by atoms with E-state index in [1.807, 2.05) is 0 Å². The molecule has 1 aliphatic heterocycles. The van der Waals surface area contributed by atoms with Crippen LogP contribution in [0.2, 0.25) is 0 Å². The predicted molar refractivity (Wildman–Crippen MR) is 75.3 cm³/mol. The molecule has 104 valence electrons. The van der Waals surface area contributed by atoms with Gasteiger partial charge in [0.1, 0.15) is 0 Å². The molecular weight excluding hydrogens is 228 g/mol. The van der Waals surface area contributed by atoms with Crippen LogP contribution in [-0.2, 0) is 0 Å². The third kappa shape index (κ3) is 8.09. The second-order valence-corrected chi connectivity index (χ2v) is 5.05. The number of hydrogen-bond donors (Lipinski definition) is 0. The van der Waals surface area contributed by atoms with Crippen LogP contribution < -0.4 is 0 Å². The van der Waals surface area contributed by atoms with Crippen LogP contribution in [0.3, 0.4) is 0 Å². The van der Waals surface area contributed by atoms with Gasteiger partial charge < -0.3 is 10.4 Å². The summed E-state index contributed by atoms with van der Waals surface area (Å²) in [6, 6.07) is 0. The SMILES string of the molecule is [O-]/[N+]1=C\CCCCCC/[N+]([O-])=C/CCCCCC1. The molecule has 0 atom stereocenters. The van der Waals surface area contributed by atoms with Crippen LogP contribution >= 0.6 is 0 Å². The number of hydroxylamine groups is 2. The highest BCUT2D eigenvalue weighted by Gasteiger charge is 1.99. The standard InChI is InChI=1S/C14H26N2O2/c17-15-11-7-3-1-4-8-12-16(18)14-10-6-2-5-9-13-15/h11,14H,1-10,12-13H2/b15-11-,16-14-. The Morgan fingerprint density at radius 1 is 0.556 bits per heavy atom. The summed E-state index contributed by atoms with van der Waals surface area (Å²) in [6.45, 7) is 1.24. The number of nitrogens with zero attached hydrogens (tertiary/aromatic N) is 2. The molecule has 0 aliphatic carbocycles. The summed E-state index contributed by atoms with van der Waals surface area (Å²) in [5.74, 6) is 0. The average Bonchev–Trinajstić information content (AvgIpc) is 2.35. The second kappa shape index (κ2) is 9.92. The van der Waals surface area contributed by atoms with Gasteiger partial charge >= 0.3 is 0 Å². The molecule has 0 amide bonds. The van der Waals surface area contributed by atoms with Crippen molar-refractivity contribution in [2.45, 2.75) is 64.2 Å². The zero-order valence-corrected chi connectivity index (χ0v) is 11.4. The minimum atomic E-state index is 0.622. The van der Waals surface area contributed by atoms with E-state index in [-0.39, 0.29) is 0 Å². The summed E-state index contributed by atoms with van der Waals surface area (Å²) in [5, 5.41) is 22.9. The van der Waals surface area contributed by atoms with Crippen LogP contribution in [0.1, 0.15) is 64.2 Å². The Morgan fingerprint density at radius 3 is 1.39 bits per heavy atom. The van der Waals surface area contributed by atoms with E-state index in [2.05, 4.69) is 0 Å². The molecule has 1 heterocycles. The van der Waals surface area contributed by atoms with E-state index in [9.17, 15) is 10.4 Å². The Balaban J connectivity index is 2.31. The maximum absolute atomic E-state index is 11.4. The molecule has 0 radical (unpaired) electrons. The Hall–Kier alpha value is -1.06. The van der Waals surface area contributed by atoms with Crippen molar-refractivity contribution in [3.63, 3.8) is 0 Å². The van der Waals surface area contributed by atoms with Crippen LogP contribution in [0, 0.1) is 10.4 Å². The van der Waals surface area contributed by atoms with Gasteiger partial charge in [0.15, 0.2) is 25.5 Å². The number of rotatable bonds is 0. The summed E-state index contributed by atoms with van der Waals surface area (Å²) in [4.78, 5) is 0. The van der Waals surface area contributed by atoms with Crippen LogP contribution in [0.15, 0.2) is 0 Å². The highest BCUT2D eigenvalue weighted by atomic mass is 16.5. The Morgan fingerprint density at radius 2 is 0.944 bits per heavy atom. The summed E-state index contributed by atoms with van der Waals surface area (Å²) < 4.78 is 2.19. The zero-order valence-electron chi connectivity index (χ0n) is 11.4. The fraction of sp³-hybridized carbons (Fsp3) is 0.857. The normalized spacial score (nSPS) is 27.8. The first-order valence-electron chi connectivity index (χ1n) is 7.33. The smallest absolute Gasteiger partial charge is 0.153 e. The summed E-state index contributed by atoms with van der Waals surface area (Å²) in [7, 11) is 0. The van der Waals surface area contributed by atoms with Gasteiger partial charge in [0.25, 0.3) is 0 Å². The van der Waals surface area contributed by atoms with Gasteiger partial charge in [-0.1, -0.05) is 12.8 Å². The average molecular weight is 254 g/mol. The topological polar surface area (TPSA) is 52.1 Å². The van der Waals surface area contributed by atoms with Gasteiger partial charge in [0.2, 0.25) is 0 Å². The first kappa shape index (κ1) is 15.0. The summed E-state index contributed by atoms with van der Waals surface area (Å²) in [5.41, 5.74) is 0. The second-order valence-electron chi connectivity index (χ2n) is 5.05. The lowest BCUT2D eigenvalue weighted by Gasteiger charge is -2.06. The molecule has 0 unspecified atom stereocenters. The molecule has 0 aromatic heterocycles. The van der Waals surface area contributed by atoms with E-state index in [1.165, 1.54) is 0 Å². The molecular formula is C14H26N2O2. The summed E-state index contributed by atoms with van der Waals surface area (Å²) >= 11 is 0. The van der Waals surface area contributed by atoms with Crippen molar-refractivity contribution in [3.8, 4) is 0 Å². The lowest BCUT2D eigenvalue weighted by atomic mass is 10.1. The first-order chi connectivity index (χ1) is 8.79. The molecule has 1 aliphatic rings. The third-order valence-electron chi connectivity index (χ3n) is 3.33. The molecule has 0 fully saturated rings. The van der Waals surface area contributed by atoms with Gasteiger partial charge in [-0.25, -0.2) is 9.48 Å². The fourth-order valence-electron chi connectivity index (χ4n) is 2.18. The quantitative estimate of drug-likeness (QED) is 0.493. The molecule has 4 nitrogen and oxygen atoms in total. The van der Waals surface area contributed by atoms with Crippen molar-refractivity contribution in [2.24, 2.45) is 0 Å². The van der Waals surface area contributed by atoms with Crippen molar-refractivity contribution in [3.05, 3.63) is 10.4 Å². The predicted octanol–water partition coefficient (Wildman–Crippen LogP) is 3.06. The molecule has 0 saturated carbocycles. The molecule has 0 saturated heterocycles. The van der Waals surface area contributed by atoms with Crippen molar-refractivity contribution in [1.82, 2.24) is 0 Å². The maximum atomic E-state index is 11.4. The van der Waals surface area contributed by atoms with Gasteiger partial charge in [-0.2, -0.15) is 0 Å². The highest BCUT2D eigenvalue weighted by Crippen LogP contribution is 2.04. The minimum Gasteiger partial charge on any atom is -0.624 e. The lowest BCUT2D eigenvalue weighted by molar-refractivity contribution is -0.455. The Bertz CT molecular complexity index is 247. The monoisotopic (exact) mass is 254 g/mol. The summed E-state index contributed by atoms with van der Waals surface area (Å²) in [6.07, 6.45) is 13.7. The molecule has 1 rings (SSSR count). The zero-order chi connectivity index (χ0) is 13.1. The van der Waals surface area contributed by atoms with Gasteiger partial charge in [-0.15, -0.1) is 0 Å². The van der Waals surface area contributed by atoms with Gasteiger partial charge in [0, 0.05) is 25.7 Å². The van der Waals surface area contributed by atoms with E-state index in [1.54, 1.807) is 12.4 Å². The molecule has 18 heavy (non-hydrogen) atoms. The van der Waals surface area contributed by atoms with Crippen LogP contribution in [-0.4, -0.2) is 35.0 Å². The third-order valence-corrected chi connectivity index (χ3v) is 3.33. The Labute approximate surface area is 110 Å². The van der Waals surface area contributed by atoms with Crippen molar-refractivity contribution < 1.29 is 9.48 Å². The first-order valence-corrected chi connectivity index (χ1v) is 7.33. The van der Waals surface area contributed by atoms with E-state index < -0.39 is 0 Å². The lowest BCUT2D eigenvalue weighted by Crippen LogP contribution is -2.08. The number of hydrogen-bond acceptors (Lipinski definition) is 2. The van der Waals surface area contributed by atoms with Crippen molar-refractivity contribution in [2.75, 3.05) is 13.1 Å². The van der Waals surface area contributed by atoms with E-state index in [0.29, 0.717) is 13.1 Å². The van der Waals surface area contributed by atoms with E-state index >= 15 is 0 Å². The molecule has 0 aromatic rings. The van der Waals surface area contributed by atoms with Gasteiger partial charge in [-0.05, 0) is 25.7 Å². The fourth-order valence-corrected chi connectivity index (χ4v) is 2.18. The molecule has 4 heteroatoms. The minimum absolute atomic E-state index is 0.622. The Kier molecular flexibility index (Phi) is 8.26. The molecule has 0 spiro atoms. The molecule has 0 aromatic carbocycles. The largest absolute Gasteiger partial charge is 0.624 e. The van der Waals surface area contributed by atoms with E-state index in [0.717, 1.165) is 73.7 Å². The molecule has 0 bridgehead atoms. The van der Waals surface area contributed by atoms with Gasteiger partial charge in [-0.3, -0.25) is 0 Å². The highest BCUT2D eigenvalue weighted by molar-refractivity contribution is 5.51. The molecule has 0 N–H and O–H groups in total. The van der Waals surface area contributed by atoms with Gasteiger partial charge in [0.05, 0.1) is 0 Å². The van der Waals surface area contributed by atoms with Crippen LogP contribution in [0.4, 0.5) is 0 Å². The van der Waals surface area contributed by atoms with E-state index in [4.69, 9.17) is 0 Å².